The highest BCUT2D eigenvalue weighted by atomic mass is 19.1. The molecule has 1 rings (SSSR count). The summed E-state index contributed by atoms with van der Waals surface area (Å²) in [6.45, 7) is 5.66. The standard InChI is InChI=1S/C10H13FN2/c1-7(2)5-9(12)10-4-3-8(11)6-13-10/h3-4,6,9H,1,5,12H2,2H3. The minimum atomic E-state index is -0.341. The molecule has 0 aromatic carbocycles. The van der Waals surface area contributed by atoms with E-state index in [9.17, 15) is 4.39 Å². The molecule has 0 aliphatic heterocycles. The molecule has 0 radical (unpaired) electrons. The van der Waals surface area contributed by atoms with Crippen LogP contribution >= 0.6 is 0 Å². The summed E-state index contributed by atoms with van der Waals surface area (Å²) < 4.78 is 12.5. The summed E-state index contributed by atoms with van der Waals surface area (Å²) in [7, 11) is 0. The van der Waals surface area contributed by atoms with E-state index in [0.29, 0.717) is 12.1 Å². The van der Waals surface area contributed by atoms with Gasteiger partial charge in [0.2, 0.25) is 0 Å². The van der Waals surface area contributed by atoms with Gasteiger partial charge in [-0.3, -0.25) is 4.98 Å². The van der Waals surface area contributed by atoms with Crippen molar-refractivity contribution in [1.29, 1.82) is 0 Å². The number of aromatic nitrogens is 1. The molecule has 0 aliphatic rings. The van der Waals surface area contributed by atoms with Gasteiger partial charge in [-0.1, -0.05) is 5.57 Å². The van der Waals surface area contributed by atoms with Crippen molar-refractivity contribution < 1.29 is 4.39 Å². The minimum Gasteiger partial charge on any atom is -0.322 e. The van der Waals surface area contributed by atoms with Gasteiger partial charge in [-0.15, -0.1) is 6.58 Å². The fourth-order valence-electron chi connectivity index (χ4n) is 1.09. The van der Waals surface area contributed by atoms with Crippen molar-refractivity contribution in [3.63, 3.8) is 0 Å². The third-order valence-electron chi connectivity index (χ3n) is 1.70. The lowest BCUT2D eigenvalue weighted by Gasteiger charge is -2.09. The van der Waals surface area contributed by atoms with Crippen molar-refractivity contribution in [1.82, 2.24) is 4.98 Å². The molecule has 3 heteroatoms. The summed E-state index contributed by atoms with van der Waals surface area (Å²) in [6.07, 6.45) is 1.85. The van der Waals surface area contributed by atoms with Gasteiger partial charge in [0, 0.05) is 0 Å². The monoisotopic (exact) mass is 180 g/mol. The molecule has 1 aromatic heterocycles. The van der Waals surface area contributed by atoms with Crippen LogP contribution in [0.5, 0.6) is 0 Å². The first-order valence-corrected chi connectivity index (χ1v) is 4.11. The Morgan fingerprint density at radius 2 is 2.38 bits per heavy atom. The zero-order valence-electron chi connectivity index (χ0n) is 7.63. The number of hydrogen-bond acceptors (Lipinski definition) is 2. The lowest BCUT2D eigenvalue weighted by atomic mass is 10.1. The van der Waals surface area contributed by atoms with Crippen LogP contribution in [0.3, 0.4) is 0 Å². The van der Waals surface area contributed by atoms with E-state index in [1.54, 1.807) is 6.07 Å². The summed E-state index contributed by atoms with van der Waals surface area (Å²) in [5.41, 5.74) is 7.50. The Morgan fingerprint density at radius 3 is 2.85 bits per heavy atom. The predicted octanol–water partition coefficient (Wildman–Crippen LogP) is 2.19. The molecule has 1 atom stereocenters. The zero-order valence-corrected chi connectivity index (χ0v) is 7.63. The largest absolute Gasteiger partial charge is 0.322 e. The Balaban J connectivity index is 2.71. The Morgan fingerprint density at radius 1 is 1.69 bits per heavy atom. The van der Waals surface area contributed by atoms with Crippen LogP contribution in [0.2, 0.25) is 0 Å². The average Bonchev–Trinajstić information content (AvgIpc) is 2.04. The van der Waals surface area contributed by atoms with Crippen LogP contribution in [-0.4, -0.2) is 4.98 Å². The number of nitrogens with two attached hydrogens (primary N) is 1. The maximum Gasteiger partial charge on any atom is 0.141 e. The normalized spacial score (nSPS) is 12.5. The molecular formula is C10H13FN2. The molecule has 0 fully saturated rings. The Hall–Kier alpha value is -1.22. The molecule has 0 aliphatic carbocycles. The highest BCUT2D eigenvalue weighted by Gasteiger charge is 2.06. The molecule has 70 valence electrons. The highest BCUT2D eigenvalue weighted by Crippen LogP contribution is 2.15. The molecule has 0 bridgehead atoms. The second-order valence-corrected chi connectivity index (χ2v) is 3.17. The van der Waals surface area contributed by atoms with Crippen molar-refractivity contribution in [3.8, 4) is 0 Å². The molecule has 2 N–H and O–H groups in total. The van der Waals surface area contributed by atoms with Gasteiger partial charge in [-0.05, 0) is 25.5 Å². The maximum atomic E-state index is 12.5. The van der Waals surface area contributed by atoms with E-state index >= 15 is 0 Å². The minimum absolute atomic E-state index is 0.182. The smallest absolute Gasteiger partial charge is 0.141 e. The first kappa shape index (κ1) is 9.86. The third kappa shape index (κ3) is 2.95. The summed E-state index contributed by atoms with van der Waals surface area (Å²) >= 11 is 0. The van der Waals surface area contributed by atoms with E-state index in [1.807, 2.05) is 6.92 Å². The van der Waals surface area contributed by atoms with Gasteiger partial charge in [0.1, 0.15) is 5.82 Å². The predicted molar refractivity (Wildman–Crippen MR) is 50.6 cm³/mol. The third-order valence-corrected chi connectivity index (χ3v) is 1.70. The van der Waals surface area contributed by atoms with Gasteiger partial charge in [0.05, 0.1) is 17.9 Å². The van der Waals surface area contributed by atoms with Crippen molar-refractivity contribution in [2.75, 3.05) is 0 Å². The number of hydrogen-bond donors (Lipinski definition) is 1. The molecular weight excluding hydrogens is 167 g/mol. The molecule has 0 amide bonds. The van der Waals surface area contributed by atoms with Crippen LogP contribution in [0, 0.1) is 5.82 Å². The molecule has 1 heterocycles. The molecule has 13 heavy (non-hydrogen) atoms. The van der Waals surface area contributed by atoms with E-state index in [0.717, 1.165) is 5.57 Å². The lowest BCUT2D eigenvalue weighted by Crippen LogP contribution is -2.12. The molecule has 1 aromatic rings. The first-order chi connectivity index (χ1) is 6.09. The Kier molecular flexibility index (Phi) is 3.14. The first-order valence-electron chi connectivity index (χ1n) is 4.11. The van der Waals surface area contributed by atoms with E-state index in [2.05, 4.69) is 11.6 Å². The summed E-state index contributed by atoms with van der Waals surface area (Å²) in [6, 6.07) is 2.78. The average molecular weight is 180 g/mol. The summed E-state index contributed by atoms with van der Waals surface area (Å²) in [5.74, 6) is -0.341. The summed E-state index contributed by atoms with van der Waals surface area (Å²) in [4.78, 5) is 3.89. The molecule has 0 saturated carbocycles. The number of halogens is 1. The van der Waals surface area contributed by atoms with Crippen LogP contribution in [0.25, 0.3) is 0 Å². The van der Waals surface area contributed by atoms with E-state index in [-0.39, 0.29) is 11.9 Å². The fourth-order valence-corrected chi connectivity index (χ4v) is 1.09. The quantitative estimate of drug-likeness (QED) is 0.724. The number of pyridine rings is 1. The molecule has 1 unspecified atom stereocenters. The number of rotatable bonds is 3. The maximum absolute atomic E-state index is 12.5. The number of nitrogens with zero attached hydrogens (tertiary/aromatic N) is 1. The van der Waals surface area contributed by atoms with Crippen LogP contribution in [0.4, 0.5) is 4.39 Å². The van der Waals surface area contributed by atoms with Crippen molar-refractivity contribution in [2.24, 2.45) is 5.73 Å². The topological polar surface area (TPSA) is 38.9 Å². The van der Waals surface area contributed by atoms with Gasteiger partial charge in [-0.2, -0.15) is 0 Å². The SMILES string of the molecule is C=C(C)CC(N)c1ccc(F)cn1. The van der Waals surface area contributed by atoms with Gasteiger partial charge >= 0.3 is 0 Å². The van der Waals surface area contributed by atoms with Crippen LogP contribution in [0.1, 0.15) is 25.1 Å². The van der Waals surface area contributed by atoms with Gasteiger partial charge in [-0.25, -0.2) is 4.39 Å². The second-order valence-electron chi connectivity index (χ2n) is 3.17. The lowest BCUT2D eigenvalue weighted by molar-refractivity contribution is 0.612. The van der Waals surface area contributed by atoms with Crippen molar-refractivity contribution in [2.45, 2.75) is 19.4 Å². The van der Waals surface area contributed by atoms with Crippen LogP contribution in [0.15, 0.2) is 30.5 Å². The van der Waals surface area contributed by atoms with Crippen molar-refractivity contribution in [3.05, 3.63) is 42.0 Å². The highest BCUT2D eigenvalue weighted by molar-refractivity contribution is 5.11. The van der Waals surface area contributed by atoms with Gasteiger partial charge in [0.15, 0.2) is 0 Å². The van der Waals surface area contributed by atoms with E-state index in [1.165, 1.54) is 12.3 Å². The second kappa shape index (κ2) is 4.14. The Labute approximate surface area is 77.3 Å². The van der Waals surface area contributed by atoms with Gasteiger partial charge < -0.3 is 5.73 Å². The van der Waals surface area contributed by atoms with Crippen LogP contribution in [-0.2, 0) is 0 Å². The summed E-state index contributed by atoms with van der Waals surface area (Å²) in [5, 5.41) is 0. The Bertz CT molecular complexity index is 292. The van der Waals surface area contributed by atoms with E-state index < -0.39 is 0 Å². The van der Waals surface area contributed by atoms with Crippen molar-refractivity contribution >= 4 is 0 Å². The fraction of sp³-hybridized carbons (Fsp3) is 0.300. The molecule has 2 nitrogen and oxygen atoms in total. The van der Waals surface area contributed by atoms with Gasteiger partial charge in [0.25, 0.3) is 0 Å². The molecule has 0 saturated heterocycles. The zero-order chi connectivity index (χ0) is 9.84. The molecule has 0 spiro atoms. The van der Waals surface area contributed by atoms with Crippen LogP contribution < -0.4 is 5.73 Å². The van der Waals surface area contributed by atoms with E-state index in [4.69, 9.17) is 5.73 Å².